The zero-order valence-electron chi connectivity index (χ0n) is 11.7. The quantitative estimate of drug-likeness (QED) is 0.926. The third kappa shape index (κ3) is 2.63. The number of fused-ring (bicyclic) bond motifs is 1. The lowest BCUT2D eigenvalue weighted by Crippen LogP contribution is -2.27. The van der Waals surface area contributed by atoms with Gasteiger partial charge in [0.2, 0.25) is 0 Å². The molecule has 1 N–H and O–H groups in total. The molecule has 0 aliphatic carbocycles. The molecule has 20 heavy (non-hydrogen) atoms. The first-order valence-corrected chi connectivity index (χ1v) is 6.63. The fourth-order valence-electron chi connectivity index (χ4n) is 2.10. The highest BCUT2D eigenvalue weighted by molar-refractivity contribution is 6.32. The van der Waals surface area contributed by atoms with Crippen LogP contribution in [0.15, 0.2) is 6.07 Å². The number of halogens is 1. The second-order valence-electron chi connectivity index (χ2n) is 5.26. The maximum atomic E-state index is 11.3. The van der Waals surface area contributed by atoms with Crippen molar-refractivity contribution in [3.63, 3.8) is 0 Å². The van der Waals surface area contributed by atoms with Crippen molar-refractivity contribution in [2.75, 3.05) is 20.3 Å². The van der Waals surface area contributed by atoms with Gasteiger partial charge < -0.3 is 19.3 Å². The Labute approximate surface area is 122 Å². The van der Waals surface area contributed by atoms with Crippen LogP contribution >= 0.6 is 11.6 Å². The Bertz CT molecular complexity index is 539. The van der Waals surface area contributed by atoms with E-state index in [2.05, 4.69) is 0 Å². The molecule has 0 fully saturated rings. The van der Waals surface area contributed by atoms with Gasteiger partial charge in [-0.25, -0.2) is 0 Å². The number of carboxylic acid groups (broad SMARTS) is 1. The Morgan fingerprint density at radius 2 is 2.10 bits per heavy atom. The molecule has 1 aliphatic rings. The van der Waals surface area contributed by atoms with E-state index in [0.717, 1.165) is 0 Å². The Kier molecular flexibility index (Phi) is 3.99. The van der Waals surface area contributed by atoms with E-state index in [9.17, 15) is 9.90 Å². The van der Waals surface area contributed by atoms with Gasteiger partial charge in [-0.1, -0.05) is 11.6 Å². The van der Waals surface area contributed by atoms with Gasteiger partial charge in [-0.2, -0.15) is 0 Å². The average Bonchev–Trinajstić information content (AvgIpc) is 2.38. The molecule has 0 saturated heterocycles. The summed E-state index contributed by atoms with van der Waals surface area (Å²) in [7, 11) is 1.49. The summed E-state index contributed by atoms with van der Waals surface area (Å²) in [6.45, 7) is 4.15. The fraction of sp³-hybridized carbons (Fsp3) is 0.500. The van der Waals surface area contributed by atoms with Crippen LogP contribution in [-0.4, -0.2) is 31.4 Å². The van der Waals surface area contributed by atoms with E-state index in [1.165, 1.54) is 7.11 Å². The van der Waals surface area contributed by atoms with Gasteiger partial charge in [0.05, 0.1) is 17.5 Å². The van der Waals surface area contributed by atoms with Crippen molar-refractivity contribution < 1.29 is 24.1 Å². The van der Waals surface area contributed by atoms with Crippen LogP contribution in [0.1, 0.15) is 19.4 Å². The Hall–Kier alpha value is -1.62. The molecule has 5 nitrogen and oxygen atoms in total. The highest BCUT2D eigenvalue weighted by Crippen LogP contribution is 2.46. The summed E-state index contributed by atoms with van der Waals surface area (Å²) < 4.78 is 16.4. The van der Waals surface area contributed by atoms with Crippen LogP contribution in [0.2, 0.25) is 5.02 Å². The lowest BCUT2D eigenvalue weighted by molar-refractivity contribution is -0.146. The number of rotatable bonds is 4. The largest absolute Gasteiger partial charge is 0.495 e. The molecule has 1 aromatic carbocycles. The lowest BCUT2D eigenvalue weighted by atomic mass is 9.85. The summed E-state index contributed by atoms with van der Waals surface area (Å²) in [4.78, 5) is 11.3. The first-order valence-electron chi connectivity index (χ1n) is 6.25. The van der Waals surface area contributed by atoms with Crippen molar-refractivity contribution in [2.45, 2.75) is 20.3 Å². The number of hydrogen-bond donors (Lipinski definition) is 1. The molecule has 0 atom stereocenters. The number of aliphatic carboxylic acids is 1. The number of carbonyl (C=O) groups is 1. The molecule has 0 aromatic heterocycles. The summed E-state index contributed by atoms with van der Waals surface area (Å²) >= 11 is 6.17. The predicted octanol–water partition coefficient (Wildman–Crippen LogP) is 2.77. The van der Waals surface area contributed by atoms with E-state index in [1.807, 2.05) is 0 Å². The molecule has 1 aliphatic heterocycles. The molecule has 0 bridgehead atoms. The molecule has 1 aromatic rings. The maximum absolute atomic E-state index is 11.3. The van der Waals surface area contributed by atoms with Crippen molar-refractivity contribution in [1.82, 2.24) is 0 Å². The number of benzene rings is 1. The molecule has 0 saturated carbocycles. The van der Waals surface area contributed by atoms with Gasteiger partial charge in [0.25, 0.3) is 0 Å². The number of carboxylic acids is 1. The van der Waals surface area contributed by atoms with Crippen LogP contribution in [0.4, 0.5) is 0 Å². The zero-order chi connectivity index (χ0) is 14.9. The van der Waals surface area contributed by atoms with Gasteiger partial charge in [-0.05, 0) is 20.3 Å². The van der Waals surface area contributed by atoms with E-state index in [-0.39, 0.29) is 6.42 Å². The lowest BCUT2D eigenvalue weighted by Gasteiger charge is -2.27. The third-order valence-corrected chi connectivity index (χ3v) is 3.52. The minimum absolute atomic E-state index is 0.234. The smallest absolute Gasteiger partial charge is 0.309 e. The van der Waals surface area contributed by atoms with E-state index < -0.39 is 11.4 Å². The molecule has 110 valence electrons. The van der Waals surface area contributed by atoms with Crippen LogP contribution in [-0.2, 0) is 11.2 Å². The molecule has 0 unspecified atom stereocenters. The second kappa shape index (κ2) is 5.40. The second-order valence-corrected chi connectivity index (χ2v) is 5.67. The Morgan fingerprint density at radius 3 is 2.70 bits per heavy atom. The molecule has 0 amide bonds. The first kappa shape index (κ1) is 14.8. The summed E-state index contributed by atoms with van der Waals surface area (Å²) in [5.74, 6) is 0.584. The van der Waals surface area contributed by atoms with Crippen LogP contribution in [0.3, 0.4) is 0 Å². The third-order valence-electron chi connectivity index (χ3n) is 3.24. The van der Waals surface area contributed by atoms with E-state index in [1.54, 1.807) is 19.9 Å². The first-order chi connectivity index (χ1) is 9.36. The Balaban J connectivity index is 2.54. The fourth-order valence-corrected chi connectivity index (χ4v) is 2.39. The van der Waals surface area contributed by atoms with Crippen molar-refractivity contribution >= 4 is 17.6 Å². The molecule has 6 heteroatoms. The van der Waals surface area contributed by atoms with Crippen LogP contribution < -0.4 is 14.2 Å². The van der Waals surface area contributed by atoms with Gasteiger partial charge in [0.1, 0.15) is 19.0 Å². The highest BCUT2D eigenvalue weighted by atomic mass is 35.5. The molecule has 0 spiro atoms. The number of methoxy groups -OCH3 is 1. The van der Waals surface area contributed by atoms with Crippen molar-refractivity contribution in [3.05, 3.63) is 16.7 Å². The molecular weight excluding hydrogens is 284 g/mol. The van der Waals surface area contributed by atoms with Gasteiger partial charge in [-0.15, -0.1) is 0 Å². The van der Waals surface area contributed by atoms with Crippen LogP contribution in [0.5, 0.6) is 17.2 Å². The summed E-state index contributed by atoms with van der Waals surface area (Å²) in [6, 6.07) is 1.63. The minimum Gasteiger partial charge on any atom is -0.495 e. The van der Waals surface area contributed by atoms with Crippen LogP contribution in [0.25, 0.3) is 0 Å². The summed E-state index contributed by atoms with van der Waals surface area (Å²) in [5.41, 5.74) is -0.339. The number of ether oxygens (including phenoxy) is 3. The SMILES string of the molecule is COc1c(Cl)cc2c(c1CC(C)(C)C(=O)O)OCCO2. The van der Waals surface area contributed by atoms with E-state index in [4.69, 9.17) is 25.8 Å². The van der Waals surface area contributed by atoms with Gasteiger partial charge in [-0.3, -0.25) is 4.79 Å². The predicted molar refractivity (Wildman–Crippen MR) is 74.1 cm³/mol. The topological polar surface area (TPSA) is 65.0 Å². The van der Waals surface area contributed by atoms with E-state index in [0.29, 0.717) is 41.0 Å². The summed E-state index contributed by atoms with van der Waals surface area (Å²) in [5, 5.41) is 9.68. The normalized spacial score (nSPS) is 14.0. The highest BCUT2D eigenvalue weighted by Gasteiger charge is 2.33. The molecule has 2 rings (SSSR count). The average molecular weight is 301 g/mol. The maximum Gasteiger partial charge on any atom is 0.309 e. The van der Waals surface area contributed by atoms with Gasteiger partial charge >= 0.3 is 5.97 Å². The zero-order valence-corrected chi connectivity index (χ0v) is 12.4. The standard InChI is InChI=1S/C14H17ClO5/c1-14(2,13(16)17)7-8-11(18-3)9(15)6-10-12(8)20-5-4-19-10/h6H,4-5,7H2,1-3H3,(H,16,17). The minimum atomic E-state index is -0.966. The molecule has 0 radical (unpaired) electrons. The van der Waals surface area contributed by atoms with Crippen molar-refractivity contribution in [3.8, 4) is 17.2 Å². The molecular formula is C14H17ClO5. The van der Waals surface area contributed by atoms with Crippen molar-refractivity contribution in [2.24, 2.45) is 5.41 Å². The summed E-state index contributed by atoms with van der Waals surface area (Å²) in [6.07, 6.45) is 0.234. The van der Waals surface area contributed by atoms with Crippen molar-refractivity contribution in [1.29, 1.82) is 0 Å². The monoisotopic (exact) mass is 300 g/mol. The Morgan fingerprint density at radius 1 is 1.45 bits per heavy atom. The number of hydrogen-bond acceptors (Lipinski definition) is 4. The van der Waals surface area contributed by atoms with Gasteiger partial charge in [0.15, 0.2) is 11.5 Å². The van der Waals surface area contributed by atoms with E-state index >= 15 is 0 Å². The van der Waals surface area contributed by atoms with Crippen LogP contribution in [0, 0.1) is 5.41 Å². The van der Waals surface area contributed by atoms with Gasteiger partial charge in [0, 0.05) is 11.6 Å². The molecule has 1 heterocycles.